The van der Waals surface area contributed by atoms with Gasteiger partial charge in [0.2, 0.25) is 0 Å². The minimum Gasteiger partial charge on any atom is -0.395 e. The van der Waals surface area contributed by atoms with Gasteiger partial charge in [0.25, 0.3) is 0 Å². The molecule has 0 rings (SSSR count). The second-order valence-electron chi connectivity index (χ2n) is 4.85. The maximum atomic E-state index is 9.29. The highest BCUT2D eigenvalue weighted by atomic mass is 16.3. The number of unbranched alkanes of at least 4 members (excludes halogenated alkanes) is 5. The molecule has 0 saturated heterocycles. The van der Waals surface area contributed by atoms with E-state index in [1.54, 1.807) is 0 Å². The van der Waals surface area contributed by atoms with Crippen LogP contribution < -0.4 is 0 Å². The highest BCUT2D eigenvalue weighted by Gasteiger charge is 2.02. The lowest BCUT2D eigenvalue weighted by Crippen LogP contribution is -2.02. The molecule has 0 bridgehead atoms. The van der Waals surface area contributed by atoms with E-state index in [1.807, 2.05) is 0 Å². The molecule has 1 atom stereocenters. The minimum atomic E-state index is 0. The Morgan fingerprint density at radius 2 is 1.30 bits per heavy atom. The zero-order valence-corrected chi connectivity index (χ0v) is 13.8. The van der Waals surface area contributed by atoms with Crippen molar-refractivity contribution in [1.82, 2.24) is 0 Å². The first kappa shape index (κ1) is 20.3. The Labute approximate surface area is 156 Å². The van der Waals surface area contributed by atoms with Gasteiger partial charge in [-0.3, -0.25) is 0 Å². The molecule has 1 heteroatoms. The first-order valence-electron chi connectivity index (χ1n) is 7.92. The lowest BCUT2D eigenvalue weighted by Gasteiger charge is -2.06. The topological polar surface area (TPSA) is 20.2 Å². The number of hydrogen-bond acceptors (Lipinski definition) is 1. The number of terminal acetylenes is 1. The average molecular weight is 323 g/mol. The van der Waals surface area contributed by atoms with Gasteiger partial charge >= 0.3 is 0 Å². The molecule has 0 aromatic carbocycles. The van der Waals surface area contributed by atoms with Crippen LogP contribution >= 0.6 is 0 Å². The Kier molecular flexibility index (Phi) is 15.3. The van der Waals surface area contributed by atoms with Crippen molar-refractivity contribution in [2.45, 2.75) is 51.9 Å². The normalized spacial score (nSPS) is 8.74. The van der Waals surface area contributed by atoms with Crippen molar-refractivity contribution in [3.63, 3.8) is 0 Å². The summed E-state index contributed by atoms with van der Waals surface area (Å²) in [6.45, 7) is 2.29. The maximum absolute atomic E-state index is 9.29. The molecule has 1 unspecified atom stereocenters. The standard InChI is InChI=1S/C22H22O.10H2/c1-3-5-7-9-11-12-13-14-16-18-20-22(21-23)19-17-15-10-8-6-4-2;;;;;;;;;;/h1,22-23H,4,6,8,10,15,17,19,21H2,2H3;10*1H. The van der Waals surface area contributed by atoms with Crippen LogP contribution in [0.2, 0.25) is 0 Å². The Morgan fingerprint density at radius 1 is 0.783 bits per heavy atom. The van der Waals surface area contributed by atoms with Crippen LogP contribution in [0.15, 0.2) is 0 Å². The Morgan fingerprint density at radius 3 is 1.87 bits per heavy atom. The summed E-state index contributed by atoms with van der Waals surface area (Å²) in [6.07, 6.45) is 13.3. The molecule has 0 radical (unpaired) electrons. The molecule has 0 saturated carbocycles. The Bertz CT molecular complexity index is 693. The molecule has 23 heavy (non-hydrogen) atoms. The zero-order chi connectivity index (χ0) is 17.0. The first-order chi connectivity index (χ1) is 11.3. The number of aliphatic hydroxyl groups excluding tert-OH is 1. The fourth-order valence-corrected chi connectivity index (χ4v) is 1.77. The summed E-state index contributed by atoms with van der Waals surface area (Å²) in [6, 6.07) is 0. The molecule has 0 amide bonds. The van der Waals surface area contributed by atoms with E-state index >= 15 is 0 Å². The molecular weight excluding hydrogens is 280 g/mol. The third kappa shape index (κ3) is 15.5. The highest BCUT2D eigenvalue weighted by Crippen LogP contribution is 2.11. The van der Waals surface area contributed by atoms with Crippen molar-refractivity contribution >= 4 is 0 Å². The molecule has 0 aromatic rings. The Hall–Kier alpha value is -2.68. The maximum Gasteiger partial charge on any atom is 0.0569 e. The lowest BCUT2D eigenvalue weighted by atomic mass is 10.0. The summed E-state index contributed by atoms with van der Waals surface area (Å²) in [5.74, 6) is 28.0. The van der Waals surface area contributed by atoms with Crippen molar-refractivity contribution < 1.29 is 19.4 Å². The largest absolute Gasteiger partial charge is 0.395 e. The SMILES string of the molecule is C#CC#CC#CC#CC#CC#CC(CO)CCCCCCCC.[HH].[HH].[HH].[HH].[HH].[HH].[HH].[HH].[HH].[HH]. The van der Waals surface area contributed by atoms with E-state index in [4.69, 9.17) is 6.42 Å². The predicted octanol–water partition coefficient (Wildman–Crippen LogP) is 5.46. The molecule has 0 fully saturated rings. The van der Waals surface area contributed by atoms with E-state index in [0.717, 1.165) is 12.8 Å². The van der Waals surface area contributed by atoms with Crippen molar-refractivity contribution in [3.8, 4) is 71.5 Å². The van der Waals surface area contributed by atoms with Gasteiger partial charge in [0, 0.05) is 20.2 Å². The van der Waals surface area contributed by atoms with Gasteiger partial charge in [-0.05, 0) is 65.6 Å². The number of rotatable bonds is 8. The van der Waals surface area contributed by atoms with Crippen LogP contribution in [0.25, 0.3) is 0 Å². The van der Waals surface area contributed by atoms with Crippen LogP contribution in [0.3, 0.4) is 0 Å². The monoisotopic (exact) mass is 322 g/mol. The molecule has 0 aliphatic carbocycles. The van der Waals surface area contributed by atoms with E-state index in [-0.39, 0.29) is 26.8 Å². The van der Waals surface area contributed by atoms with Gasteiger partial charge in [0.05, 0.1) is 6.61 Å². The van der Waals surface area contributed by atoms with Crippen molar-refractivity contribution in [2.75, 3.05) is 6.61 Å². The fourth-order valence-electron chi connectivity index (χ4n) is 1.77. The van der Waals surface area contributed by atoms with Crippen LogP contribution in [0, 0.1) is 77.5 Å². The quantitative estimate of drug-likeness (QED) is 0.465. The smallest absolute Gasteiger partial charge is 0.0569 e. The van der Waals surface area contributed by atoms with Gasteiger partial charge < -0.3 is 5.11 Å². The van der Waals surface area contributed by atoms with E-state index in [0.29, 0.717) is 0 Å². The van der Waals surface area contributed by atoms with Crippen LogP contribution in [-0.4, -0.2) is 11.7 Å². The van der Waals surface area contributed by atoms with Gasteiger partial charge in [-0.2, -0.15) is 0 Å². The zero-order valence-electron chi connectivity index (χ0n) is 13.8. The average Bonchev–Trinajstić information content (AvgIpc) is 2.57. The van der Waals surface area contributed by atoms with E-state index in [2.05, 4.69) is 72.0 Å². The predicted molar refractivity (Wildman–Crippen MR) is 117 cm³/mol. The number of hydrogen-bond donors (Lipinski definition) is 1. The molecule has 0 spiro atoms. The highest BCUT2D eigenvalue weighted by molar-refractivity contribution is 5.43. The van der Waals surface area contributed by atoms with Crippen molar-refractivity contribution in [3.05, 3.63) is 0 Å². The molecule has 0 aliphatic heterocycles. The van der Waals surface area contributed by atoms with Crippen LogP contribution in [0.5, 0.6) is 0 Å². The van der Waals surface area contributed by atoms with E-state index in [9.17, 15) is 5.11 Å². The summed E-state index contributed by atoms with van der Waals surface area (Å²) in [7, 11) is 0. The third-order valence-corrected chi connectivity index (χ3v) is 2.97. The second-order valence-corrected chi connectivity index (χ2v) is 4.85. The summed E-state index contributed by atoms with van der Waals surface area (Å²) >= 11 is 0. The molecular formula is C22H42O. The molecule has 136 valence electrons. The van der Waals surface area contributed by atoms with Crippen molar-refractivity contribution in [2.24, 2.45) is 5.92 Å². The summed E-state index contributed by atoms with van der Waals surface area (Å²) in [5.41, 5.74) is 0. The fraction of sp³-hybridized carbons (Fsp3) is 0.455. The summed E-state index contributed by atoms with van der Waals surface area (Å²) in [5, 5.41) is 9.29. The minimum absolute atomic E-state index is 0. The van der Waals surface area contributed by atoms with Crippen LogP contribution in [0.4, 0.5) is 0 Å². The van der Waals surface area contributed by atoms with Crippen molar-refractivity contribution in [1.29, 1.82) is 0 Å². The van der Waals surface area contributed by atoms with Gasteiger partial charge in [-0.1, -0.05) is 51.4 Å². The van der Waals surface area contributed by atoms with Gasteiger partial charge in [0.1, 0.15) is 0 Å². The van der Waals surface area contributed by atoms with Crippen LogP contribution in [-0.2, 0) is 0 Å². The summed E-state index contributed by atoms with van der Waals surface area (Å²) < 4.78 is 0. The van der Waals surface area contributed by atoms with E-state index < -0.39 is 0 Å². The summed E-state index contributed by atoms with van der Waals surface area (Å²) in [4.78, 5) is 0. The first-order valence-corrected chi connectivity index (χ1v) is 7.92. The molecule has 0 aliphatic rings. The van der Waals surface area contributed by atoms with Gasteiger partial charge in [-0.15, -0.1) is 6.42 Å². The number of aliphatic hydroxyl groups is 1. The molecule has 0 aromatic heterocycles. The van der Waals surface area contributed by atoms with Gasteiger partial charge in [0.15, 0.2) is 0 Å². The molecule has 1 N–H and O–H groups in total. The lowest BCUT2D eigenvalue weighted by molar-refractivity contribution is 0.248. The molecule has 0 heterocycles. The van der Waals surface area contributed by atoms with Crippen LogP contribution in [0.1, 0.15) is 66.1 Å². The second kappa shape index (κ2) is 17.4. The van der Waals surface area contributed by atoms with Gasteiger partial charge in [-0.25, -0.2) is 0 Å². The third-order valence-electron chi connectivity index (χ3n) is 2.97. The Balaban J connectivity index is -0.0000000538. The molecule has 1 nitrogen and oxygen atoms in total. The van der Waals surface area contributed by atoms with E-state index in [1.165, 1.54) is 32.1 Å².